The summed E-state index contributed by atoms with van der Waals surface area (Å²) >= 11 is 0. The van der Waals surface area contributed by atoms with E-state index in [4.69, 9.17) is 4.74 Å². The molecule has 6 nitrogen and oxygen atoms in total. The van der Waals surface area contributed by atoms with Crippen LogP contribution in [0.25, 0.3) is 0 Å². The second-order valence-electron chi connectivity index (χ2n) is 3.60. The molecule has 0 unspecified atom stereocenters. The first-order valence-corrected chi connectivity index (χ1v) is 6.80. The molecule has 0 atom stereocenters. The maximum atomic E-state index is 12.2. The largest absolute Gasteiger partial charge is 0.495 e. The number of hydrogen-bond donors (Lipinski definition) is 1. The van der Waals surface area contributed by atoms with Crippen molar-refractivity contribution in [2.24, 2.45) is 0 Å². The Morgan fingerprint density at radius 3 is 2.35 bits per heavy atom. The summed E-state index contributed by atoms with van der Waals surface area (Å²) in [5, 5.41) is 1.56. The van der Waals surface area contributed by atoms with Crippen molar-refractivity contribution in [3.8, 4) is 11.5 Å². The average Bonchev–Trinajstić information content (AvgIpc) is 2.25. The summed E-state index contributed by atoms with van der Waals surface area (Å²) in [4.78, 5) is 10.8. The molecule has 1 aromatic rings. The minimum atomic E-state index is -5.08. The van der Waals surface area contributed by atoms with E-state index in [0.29, 0.717) is 0 Å². The number of anilines is 1. The second-order valence-corrected chi connectivity index (χ2v) is 5.18. The van der Waals surface area contributed by atoms with Crippen LogP contribution in [0.5, 0.6) is 11.5 Å². The molecule has 0 spiro atoms. The van der Waals surface area contributed by atoms with Crippen molar-refractivity contribution in [1.29, 1.82) is 0 Å². The number of hydrogen-bond acceptors (Lipinski definition) is 5. The van der Waals surface area contributed by atoms with E-state index < -0.39 is 22.2 Å². The number of ether oxygens (including phenoxy) is 1. The van der Waals surface area contributed by atoms with E-state index in [1.54, 1.807) is 5.32 Å². The SMILES string of the molecule is COc1ccc(OS(C)(=O)=O)cc1NC(=O)C(F)(F)F. The van der Waals surface area contributed by atoms with Gasteiger partial charge >= 0.3 is 22.2 Å². The molecule has 1 aromatic carbocycles. The summed E-state index contributed by atoms with van der Waals surface area (Å²) in [6, 6.07) is 3.24. The monoisotopic (exact) mass is 313 g/mol. The van der Waals surface area contributed by atoms with Crippen LogP contribution in [-0.4, -0.2) is 33.9 Å². The number of carbonyl (C=O) groups excluding carboxylic acids is 1. The fourth-order valence-electron chi connectivity index (χ4n) is 1.20. The molecule has 0 heterocycles. The van der Waals surface area contributed by atoms with Gasteiger partial charge in [0.2, 0.25) is 0 Å². The standard InChI is InChI=1S/C10H10F3NO5S/c1-18-8-4-3-6(19-20(2,16)17)5-7(8)14-9(15)10(11,12)13/h3-5H,1-2H3,(H,14,15). The van der Waals surface area contributed by atoms with Crippen LogP contribution in [0.15, 0.2) is 18.2 Å². The predicted octanol–water partition coefficient (Wildman–Crippen LogP) is 1.53. The summed E-state index contributed by atoms with van der Waals surface area (Å²) in [6.45, 7) is 0. The molecule has 112 valence electrons. The molecule has 0 aliphatic carbocycles. The van der Waals surface area contributed by atoms with Crippen LogP contribution >= 0.6 is 0 Å². The van der Waals surface area contributed by atoms with Gasteiger partial charge in [-0.15, -0.1) is 0 Å². The average molecular weight is 313 g/mol. The number of amides is 1. The molecule has 0 aliphatic heterocycles. The normalized spacial score (nSPS) is 11.8. The Kier molecular flexibility index (Phi) is 4.48. The summed E-state index contributed by atoms with van der Waals surface area (Å²) in [5.41, 5.74) is -0.365. The predicted molar refractivity (Wildman–Crippen MR) is 63.2 cm³/mol. The first kappa shape index (κ1) is 16.1. The van der Waals surface area contributed by atoms with E-state index in [1.807, 2.05) is 0 Å². The number of benzene rings is 1. The van der Waals surface area contributed by atoms with Crippen molar-refractivity contribution < 1.29 is 35.3 Å². The van der Waals surface area contributed by atoms with Gasteiger partial charge in [-0.05, 0) is 12.1 Å². The van der Waals surface area contributed by atoms with Crippen molar-refractivity contribution >= 4 is 21.7 Å². The summed E-state index contributed by atoms with van der Waals surface area (Å²) in [6.07, 6.45) is -4.32. The fourth-order valence-corrected chi connectivity index (χ4v) is 1.66. The van der Waals surface area contributed by atoms with E-state index in [1.165, 1.54) is 13.2 Å². The molecule has 0 aliphatic rings. The van der Waals surface area contributed by atoms with Crippen molar-refractivity contribution in [3.63, 3.8) is 0 Å². The number of halogens is 3. The zero-order valence-electron chi connectivity index (χ0n) is 10.3. The van der Waals surface area contributed by atoms with Crippen LogP contribution in [0.2, 0.25) is 0 Å². The number of rotatable bonds is 4. The molecule has 0 bridgehead atoms. The third kappa shape index (κ3) is 4.61. The maximum absolute atomic E-state index is 12.2. The molecular formula is C10H10F3NO5S. The van der Waals surface area contributed by atoms with Crippen LogP contribution in [0, 0.1) is 0 Å². The molecule has 10 heteroatoms. The van der Waals surface area contributed by atoms with Gasteiger partial charge in [-0.3, -0.25) is 4.79 Å². The van der Waals surface area contributed by atoms with Crippen LogP contribution in [0.1, 0.15) is 0 Å². The number of carbonyl (C=O) groups is 1. The highest BCUT2D eigenvalue weighted by Gasteiger charge is 2.39. The van der Waals surface area contributed by atoms with Gasteiger partial charge in [0.25, 0.3) is 0 Å². The van der Waals surface area contributed by atoms with E-state index >= 15 is 0 Å². The van der Waals surface area contributed by atoms with E-state index in [-0.39, 0.29) is 17.2 Å². The lowest BCUT2D eigenvalue weighted by molar-refractivity contribution is -0.167. The van der Waals surface area contributed by atoms with Gasteiger partial charge in [-0.1, -0.05) is 0 Å². The van der Waals surface area contributed by atoms with E-state index in [0.717, 1.165) is 18.4 Å². The van der Waals surface area contributed by atoms with Gasteiger partial charge in [-0.25, -0.2) is 0 Å². The van der Waals surface area contributed by atoms with Crippen LogP contribution in [0.3, 0.4) is 0 Å². The van der Waals surface area contributed by atoms with Gasteiger partial charge in [0.15, 0.2) is 0 Å². The lowest BCUT2D eigenvalue weighted by atomic mass is 10.2. The smallest absolute Gasteiger partial charge is 0.471 e. The zero-order valence-corrected chi connectivity index (χ0v) is 11.1. The zero-order chi connectivity index (χ0) is 15.6. The van der Waals surface area contributed by atoms with Crippen molar-refractivity contribution in [3.05, 3.63) is 18.2 Å². The van der Waals surface area contributed by atoms with Gasteiger partial charge in [-0.2, -0.15) is 21.6 Å². The Balaban J connectivity index is 3.10. The Morgan fingerprint density at radius 1 is 1.30 bits per heavy atom. The summed E-state index contributed by atoms with van der Waals surface area (Å²) in [7, 11) is -2.67. The molecule has 0 saturated heterocycles. The maximum Gasteiger partial charge on any atom is 0.471 e. The highest BCUT2D eigenvalue weighted by molar-refractivity contribution is 7.86. The Labute approximate surface area is 112 Å². The van der Waals surface area contributed by atoms with E-state index in [2.05, 4.69) is 4.18 Å². The number of methoxy groups -OCH3 is 1. The number of alkyl halides is 3. The minimum Gasteiger partial charge on any atom is -0.495 e. The lowest BCUT2D eigenvalue weighted by Crippen LogP contribution is -2.30. The van der Waals surface area contributed by atoms with Crippen LogP contribution in [0.4, 0.5) is 18.9 Å². The molecular weight excluding hydrogens is 303 g/mol. The Bertz CT molecular complexity index is 612. The Hall–Kier alpha value is -1.97. The van der Waals surface area contributed by atoms with Crippen molar-refractivity contribution in [2.45, 2.75) is 6.18 Å². The third-order valence-corrected chi connectivity index (χ3v) is 2.42. The van der Waals surface area contributed by atoms with Crippen LogP contribution < -0.4 is 14.2 Å². The first-order valence-electron chi connectivity index (χ1n) is 4.98. The summed E-state index contributed by atoms with van der Waals surface area (Å²) in [5.74, 6) is -2.55. The molecule has 0 aromatic heterocycles. The van der Waals surface area contributed by atoms with Gasteiger partial charge in [0.05, 0.1) is 19.1 Å². The van der Waals surface area contributed by atoms with Gasteiger partial charge in [0.1, 0.15) is 11.5 Å². The highest BCUT2D eigenvalue weighted by Crippen LogP contribution is 2.31. The molecule has 20 heavy (non-hydrogen) atoms. The Morgan fingerprint density at radius 2 is 1.90 bits per heavy atom. The van der Waals surface area contributed by atoms with Gasteiger partial charge < -0.3 is 14.2 Å². The topological polar surface area (TPSA) is 81.7 Å². The highest BCUT2D eigenvalue weighted by atomic mass is 32.2. The fraction of sp³-hybridized carbons (Fsp3) is 0.300. The molecule has 1 amide bonds. The molecule has 1 rings (SSSR count). The first-order chi connectivity index (χ1) is 9.03. The third-order valence-electron chi connectivity index (χ3n) is 1.92. The quantitative estimate of drug-likeness (QED) is 0.853. The van der Waals surface area contributed by atoms with Crippen molar-refractivity contribution in [1.82, 2.24) is 0 Å². The second kappa shape index (κ2) is 5.57. The van der Waals surface area contributed by atoms with Gasteiger partial charge in [0, 0.05) is 6.07 Å². The van der Waals surface area contributed by atoms with Crippen LogP contribution in [-0.2, 0) is 14.9 Å². The minimum absolute atomic E-state index is 0.0801. The molecule has 0 saturated carbocycles. The molecule has 0 fully saturated rings. The number of nitrogens with one attached hydrogen (secondary N) is 1. The van der Waals surface area contributed by atoms with E-state index in [9.17, 15) is 26.4 Å². The molecule has 1 N–H and O–H groups in total. The van der Waals surface area contributed by atoms with Crippen molar-refractivity contribution in [2.75, 3.05) is 18.7 Å². The lowest BCUT2D eigenvalue weighted by Gasteiger charge is -2.13. The summed E-state index contributed by atoms with van der Waals surface area (Å²) < 4.78 is 67.6. The molecule has 0 radical (unpaired) electrons.